The molecule has 0 amide bonds. The molecule has 4 heteroatoms. The number of ether oxygens (including phenoxy) is 1. The maximum Gasteiger partial charge on any atom is 0.324 e. The molecule has 1 saturated carbocycles. The molecular weight excluding hydrogens is 252 g/mol. The maximum absolute atomic E-state index is 12.1. The number of hydrogen-bond donors (Lipinski definition) is 1. The molecule has 1 N–H and O–H groups in total. The Kier molecular flexibility index (Phi) is 7.52. The summed E-state index contributed by atoms with van der Waals surface area (Å²) < 4.78 is 5.22. The molecule has 1 rings (SSSR count). The maximum atomic E-state index is 12.1. The van der Waals surface area contributed by atoms with E-state index in [1.807, 2.05) is 6.92 Å². The summed E-state index contributed by atoms with van der Waals surface area (Å²) in [6.45, 7) is 14.0. The smallest absolute Gasteiger partial charge is 0.324 e. The summed E-state index contributed by atoms with van der Waals surface area (Å²) in [7, 11) is 0. The highest BCUT2D eigenvalue weighted by atomic mass is 16.5. The van der Waals surface area contributed by atoms with Crippen LogP contribution in [-0.4, -0.2) is 49.2 Å². The number of esters is 1. The number of hydrogen-bond acceptors (Lipinski definition) is 4. The van der Waals surface area contributed by atoms with Gasteiger partial charge >= 0.3 is 5.97 Å². The first-order valence-electron chi connectivity index (χ1n) is 8.07. The lowest BCUT2D eigenvalue weighted by Gasteiger charge is -2.29. The molecule has 0 aliphatic heterocycles. The first kappa shape index (κ1) is 17.4. The fourth-order valence-electron chi connectivity index (χ4n) is 2.49. The van der Waals surface area contributed by atoms with Crippen molar-refractivity contribution in [1.82, 2.24) is 10.2 Å². The number of nitrogens with one attached hydrogen (secondary N) is 1. The van der Waals surface area contributed by atoms with Crippen molar-refractivity contribution in [3.63, 3.8) is 0 Å². The fraction of sp³-hybridized carbons (Fsp3) is 0.938. The third-order valence-corrected chi connectivity index (χ3v) is 3.27. The van der Waals surface area contributed by atoms with E-state index in [9.17, 15) is 4.79 Å². The van der Waals surface area contributed by atoms with E-state index in [2.05, 4.69) is 37.9 Å². The Balaban J connectivity index is 2.58. The molecule has 20 heavy (non-hydrogen) atoms. The second-order valence-electron chi connectivity index (χ2n) is 6.75. The predicted molar refractivity (Wildman–Crippen MR) is 82.7 cm³/mol. The molecule has 0 spiro atoms. The van der Waals surface area contributed by atoms with Crippen LogP contribution in [-0.2, 0) is 9.53 Å². The van der Waals surface area contributed by atoms with Gasteiger partial charge in [0.1, 0.15) is 6.04 Å². The van der Waals surface area contributed by atoms with E-state index in [1.54, 1.807) is 0 Å². The highest BCUT2D eigenvalue weighted by molar-refractivity contribution is 5.76. The van der Waals surface area contributed by atoms with Crippen LogP contribution >= 0.6 is 0 Å². The van der Waals surface area contributed by atoms with Gasteiger partial charge in [0.15, 0.2) is 0 Å². The molecule has 0 aromatic rings. The Hall–Kier alpha value is -0.610. The number of rotatable bonds is 10. The topological polar surface area (TPSA) is 41.6 Å². The molecule has 0 aromatic heterocycles. The van der Waals surface area contributed by atoms with E-state index in [0.29, 0.717) is 24.5 Å². The monoisotopic (exact) mass is 284 g/mol. The molecule has 4 nitrogen and oxygen atoms in total. The molecule has 1 atom stereocenters. The second kappa shape index (κ2) is 8.63. The summed E-state index contributed by atoms with van der Waals surface area (Å²) in [4.78, 5) is 14.5. The van der Waals surface area contributed by atoms with Crippen molar-refractivity contribution in [2.45, 2.75) is 59.5 Å². The minimum Gasteiger partial charge on any atom is -0.465 e. The number of carbonyl (C=O) groups is 1. The van der Waals surface area contributed by atoms with Gasteiger partial charge in [-0.15, -0.1) is 0 Å². The summed E-state index contributed by atoms with van der Waals surface area (Å²) >= 11 is 0. The summed E-state index contributed by atoms with van der Waals surface area (Å²) in [6.07, 6.45) is 2.37. The van der Waals surface area contributed by atoms with E-state index in [4.69, 9.17) is 4.74 Å². The van der Waals surface area contributed by atoms with Gasteiger partial charge in [0, 0.05) is 25.7 Å². The molecule has 0 radical (unpaired) electrons. The largest absolute Gasteiger partial charge is 0.465 e. The Labute approximate surface area is 124 Å². The molecule has 1 unspecified atom stereocenters. The minimum absolute atomic E-state index is 0.100. The van der Waals surface area contributed by atoms with Crippen LogP contribution in [0.3, 0.4) is 0 Å². The van der Waals surface area contributed by atoms with Gasteiger partial charge in [0.05, 0.1) is 6.61 Å². The van der Waals surface area contributed by atoms with Gasteiger partial charge in [0.25, 0.3) is 0 Å². The fourth-order valence-corrected chi connectivity index (χ4v) is 2.49. The second-order valence-corrected chi connectivity index (χ2v) is 6.75. The molecule has 1 aliphatic rings. The van der Waals surface area contributed by atoms with Gasteiger partial charge < -0.3 is 15.0 Å². The van der Waals surface area contributed by atoms with Crippen LogP contribution < -0.4 is 5.32 Å². The van der Waals surface area contributed by atoms with Crippen LogP contribution in [0, 0.1) is 11.8 Å². The summed E-state index contributed by atoms with van der Waals surface area (Å²) in [5.74, 6) is 1.12. The molecule has 118 valence electrons. The lowest BCUT2D eigenvalue weighted by Crippen LogP contribution is -2.49. The van der Waals surface area contributed by atoms with Gasteiger partial charge in [-0.25, -0.2) is 0 Å². The highest BCUT2D eigenvalue weighted by Crippen LogP contribution is 2.20. The Bertz CT molecular complexity index is 278. The number of carbonyl (C=O) groups excluding carboxylic acids is 1. The summed E-state index contributed by atoms with van der Waals surface area (Å²) in [5.41, 5.74) is 0. The zero-order valence-electron chi connectivity index (χ0n) is 13.8. The van der Waals surface area contributed by atoms with Gasteiger partial charge in [-0.3, -0.25) is 4.79 Å². The zero-order chi connectivity index (χ0) is 15.1. The Morgan fingerprint density at radius 3 is 2.10 bits per heavy atom. The van der Waals surface area contributed by atoms with Crippen LogP contribution in [0.2, 0.25) is 0 Å². The Morgan fingerprint density at radius 1 is 1.15 bits per heavy atom. The van der Waals surface area contributed by atoms with Crippen LogP contribution in [0.5, 0.6) is 0 Å². The van der Waals surface area contributed by atoms with Crippen molar-refractivity contribution in [3.05, 3.63) is 0 Å². The average molecular weight is 284 g/mol. The molecular formula is C16H32N2O2. The van der Waals surface area contributed by atoms with E-state index in [-0.39, 0.29) is 12.0 Å². The number of nitrogens with zero attached hydrogens (tertiary/aromatic N) is 1. The van der Waals surface area contributed by atoms with Gasteiger partial charge in [-0.1, -0.05) is 27.7 Å². The third kappa shape index (κ3) is 7.25. The van der Waals surface area contributed by atoms with Crippen LogP contribution in [0.1, 0.15) is 47.5 Å². The molecule has 0 aromatic carbocycles. The van der Waals surface area contributed by atoms with Crippen molar-refractivity contribution in [2.75, 3.05) is 26.2 Å². The van der Waals surface area contributed by atoms with E-state index >= 15 is 0 Å². The van der Waals surface area contributed by atoms with Crippen molar-refractivity contribution in [2.24, 2.45) is 11.8 Å². The van der Waals surface area contributed by atoms with E-state index in [1.165, 1.54) is 12.8 Å². The van der Waals surface area contributed by atoms with Gasteiger partial charge in [-0.2, -0.15) is 0 Å². The molecule has 1 fully saturated rings. The quantitative estimate of drug-likeness (QED) is 0.625. The molecule has 0 bridgehead atoms. The highest BCUT2D eigenvalue weighted by Gasteiger charge is 2.30. The Morgan fingerprint density at radius 2 is 1.70 bits per heavy atom. The van der Waals surface area contributed by atoms with Crippen molar-refractivity contribution in [1.29, 1.82) is 0 Å². The van der Waals surface area contributed by atoms with Crippen LogP contribution in [0.4, 0.5) is 0 Å². The third-order valence-electron chi connectivity index (χ3n) is 3.27. The first-order chi connectivity index (χ1) is 9.42. The zero-order valence-corrected chi connectivity index (χ0v) is 13.8. The first-order valence-corrected chi connectivity index (χ1v) is 8.07. The van der Waals surface area contributed by atoms with E-state index in [0.717, 1.165) is 19.6 Å². The van der Waals surface area contributed by atoms with Gasteiger partial charge in [0.2, 0.25) is 0 Å². The SMILES string of the molecule is CCOC(=O)C(CN(CC(C)C)CC(C)C)NC1CC1. The molecule has 1 aliphatic carbocycles. The lowest BCUT2D eigenvalue weighted by atomic mass is 10.1. The van der Waals surface area contributed by atoms with Crippen molar-refractivity contribution < 1.29 is 9.53 Å². The molecule has 0 saturated heterocycles. The van der Waals surface area contributed by atoms with Crippen molar-refractivity contribution >= 4 is 5.97 Å². The molecule has 0 heterocycles. The summed E-state index contributed by atoms with van der Waals surface area (Å²) in [6, 6.07) is 0.337. The van der Waals surface area contributed by atoms with Crippen LogP contribution in [0.15, 0.2) is 0 Å². The minimum atomic E-state index is -0.181. The van der Waals surface area contributed by atoms with Crippen LogP contribution in [0.25, 0.3) is 0 Å². The predicted octanol–water partition coefficient (Wildman–Crippen LogP) is 2.28. The summed E-state index contributed by atoms with van der Waals surface area (Å²) in [5, 5.41) is 3.44. The normalized spacial score (nSPS) is 17.0. The standard InChI is InChI=1S/C16H32N2O2/c1-6-20-16(19)15(17-14-7-8-14)11-18(9-12(2)3)10-13(4)5/h12-15,17H,6-11H2,1-5H3. The average Bonchev–Trinajstić information content (AvgIpc) is 3.10. The van der Waals surface area contributed by atoms with E-state index < -0.39 is 0 Å². The van der Waals surface area contributed by atoms with Gasteiger partial charge in [-0.05, 0) is 31.6 Å². The van der Waals surface area contributed by atoms with Crippen molar-refractivity contribution in [3.8, 4) is 0 Å². The lowest BCUT2D eigenvalue weighted by molar-refractivity contribution is -0.146.